The minimum absolute atomic E-state index is 0.127. The quantitative estimate of drug-likeness (QED) is 0.433. The number of para-hydroxylation sites is 2. The van der Waals surface area contributed by atoms with Gasteiger partial charge in [-0.15, -0.1) is 0 Å². The van der Waals surface area contributed by atoms with Crippen molar-refractivity contribution in [3.63, 3.8) is 0 Å². The molecule has 0 aromatic heterocycles. The molecule has 0 unspecified atom stereocenters. The Labute approximate surface area is 177 Å². The molecule has 0 saturated carbocycles. The second kappa shape index (κ2) is 9.44. The zero-order valence-electron chi connectivity index (χ0n) is 16.5. The van der Waals surface area contributed by atoms with Gasteiger partial charge in [-0.05, 0) is 24.3 Å². The van der Waals surface area contributed by atoms with Gasteiger partial charge in [-0.1, -0.05) is 30.3 Å². The highest BCUT2D eigenvalue weighted by atomic mass is 16.5. The van der Waals surface area contributed by atoms with E-state index in [0.717, 1.165) is 0 Å². The highest BCUT2D eigenvalue weighted by Crippen LogP contribution is 2.33. The van der Waals surface area contributed by atoms with Crippen LogP contribution in [0.2, 0.25) is 0 Å². The van der Waals surface area contributed by atoms with E-state index in [2.05, 4.69) is 10.6 Å². The fourth-order valence-electron chi connectivity index (χ4n) is 2.82. The van der Waals surface area contributed by atoms with Gasteiger partial charge >= 0.3 is 12.0 Å². The Morgan fingerprint density at radius 3 is 2.55 bits per heavy atom. The molecule has 10 heteroatoms. The Morgan fingerprint density at radius 2 is 1.87 bits per heavy atom. The number of carbonyl (C=O) groups is 4. The lowest BCUT2D eigenvalue weighted by molar-refractivity contribution is -0.140. The van der Waals surface area contributed by atoms with E-state index in [4.69, 9.17) is 14.6 Å². The maximum Gasteiger partial charge on any atom is 0.329 e. The lowest BCUT2D eigenvalue weighted by Gasteiger charge is -2.14. The van der Waals surface area contributed by atoms with Crippen molar-refractivity contribution in [2.75, 3.05) is 25.6 Å². The van der Waals surface area contributed by atoms with Gasteiger partial charge < -0.3 is 25.2 Å². The first-order valence-corrected chi connectivity index (χ1v) is 9.10. The van der Waals surface area contributed by atoms with Gasteiger partial charge in [0, 0.05) is 11.3 Å². The molecule has 31 heavy (non-hydrogen) atoms. The van der Waals surface area contributed by atoms with Gasteiger partial charge in [0.15, 0.2) is 18.1 Å². The van der Waals surface area contributed by atoms with Crippen molar-refractivity contribution in [2.45, 2.75) is 0 Å². The van der Waals surface area contributed by atoms with E-state index in [9.17, 15) is 19.2 Å². The molecule has 0 atom stereocenters. The molecule has 0 spiro atoms. The van der Waals surface area contributed by atoms with Crippen molar-refractivity contribution in [2.24, 2.45) is 0 Å². The summed E-state index contributed by atoms with van der Waals surface area (Å²) in [6.45, 7) is -1.10. The molecule has 160 valence electrons. The van der Waals surface area contributed by atoms with Gasteiger partial charge in [0.05, 0.1) is 7.11 Å². The Bertz CT molecular complexity index is 1050. The van der Waals surface area contributed by atoms with E-state index < -0.39 is 30.4 Å². The van der Waals surface area contributed by atoms with E-state index in [1.54, 1.807) is 42.5 Å². The Morgan fingerprint density at radius 1 is 1.13 bits per heavy atom. The van der Waals surface area contributed by atoms with Crippen molar-refractivity contribution in [1.29, 1.82) is 0 Å². The minimum Gasteiger partial charge on any atom is -0.493 e. The molecule has 3 N–H and O–H groups in total. The maximum atomic E-state index is 12.4. The van der Waals surface area contributed by atoms with Crippen molar-refractivity contribution >= 4 is 35.6 Å². The number of amides is 4. The summed E-state index contributed by atoms with van der Waals surface area (Å²) in [5.74, 6) is -2.03. The Balaban J connectivity index is 1.80. The number of ether oxygens (including phenoxy) is 2. The zero-order valence-corrected chi connectivity index (χ0v) is 16.5. The first-order chi connectivity index (χ1) is 14.9. The van der Waals surface area contributed by atoms with E-state index in [-0.39, 0.29) is 18.1 Å². The molecule has 0 bridgehead atoms. The van der Waals surface area contributed by atoms with Crippen LogP contribution in [0.5, 0.6) is 11.5 Å². The number of imide groups is 1. The van der Waals surface area contributed by atoms with Crippen molar-refractivity contribution in [1.82, 2.24) is 10.2 Å². The second-order valence-corrected chi connectivity index (χ2v) is 6.35. The number of anilines is 1. The molecular formula is C21H19N3O7. The molecule has 1 aliphatic heterocycles. The first-order valence-electron chi connectivity index (χ1n) is 9.10. The predicted molar refractivity (Wildman–Crippen MR) is 109 cm³/mol. The molecular weight excluding hydrogens is 406 g/mol. The number of hydrogen-bond acceptors (Lipinski definition) is 6. The molecule has 4 amide bonds. The molecule has 2 aromatic carbocycles. The fourth-order valence-corrected chi connectivity index (χ4v) is 2.82. The number of rotatable bonds is 8. The summed E-state index contributed by atoms with van der Waals surface area (Å²) >= 11 is 0. The van der Waals surface area contributed by atoms with Crippen molar-refractivity contribution < 1.29 is 33.8 Å². The van der Waals surface area contributed by atoms with Crippen LogP contribution in [0.15, 0.2) is 54.2 Å². The van der Waals surface area contributed by atoms with Gasteiger partial charge in [-0.2, -0.15) is 0 Å². The number of nitrogens with one attached hydrogen (secondary N) is 2. The summed E-state index contributed by atoms with van der Waals surface area (Å²) in [6, 6.07) is 12.8. The van der Waals surface area contributed by atoms with Crippen molar-refractivity contribution in [3.8, 4) is 11.5 Å². The topological polar surface area (TPSA) is 134 Å². The first kappa shape index (κ1) is 21.4. The largest absolute Gasteiger partial charge is 0.493 e. The standard InChI is InChI=1S/C21H19N3O7/c1-30-16-9-5-6-13(10-15-20(28)24(11-18(26)27)21(29)23-15)19(16)31-12-17(25)22-14-7-3-2-4-8-14/h2-10H,11-12H2,1H3,(H,22,25)(H,23,29)(H,26,27)/b15-10+. The summed E-state index contributed by atoms with van der Waals surface area (Å²) < 4.78 is 10.9. The lowest BCUT2D eigenvalue weighted by Crippen LogP contribution is -2.35. The SMILES string of the molecule is COc1cccc(/C=C2/NC(=O)N(CC(=O)O)C2=O)c1OCC(=O)Nc1ccccc1. The number of carbonyl (C=O) groups excluding carboxylic acids is 3. The number of nitrogens with zero attached hydrogens (tertiary/aromatic N) is 1. The number of aliphatic carboxylic acids is 1. The van der Waals surface area contributed by atoms with E-state index in [0.29, 0.717) is 21.9 Å². The molecule has 2 aromatic rings. The van der Waals surface area contributed by atoms with E-state index >= 15 is 0 Å². The fraction of sp³-hybridized carbons (Fsp3) is 0.143. The highest BCUT2D eigenvalue weighted by molar-refractivity contribution is 6.15. The number of hydrogen-bond donors (Lipinski definition) is 3. The number of urea groups is 1. The summed E-state index contributed by atoms with van der Waals surface area (Å²) in [5.41, 5.74) is 0.835. The molecule has 1 saturated heterocycles. The van der Waals surface area contributed by atoms with Crippen LogP contribution >= 0.6 is 0 Å². The van der Waals surface area contributed by atoms with Crippen LogP contribution in [-0.2, 0) is 14.4 Å². The molecule has 1 aliphatic rings. The summed E-state index contributed by atoms with van der Waals surface area (Å²) in [6.07, 6.45) is 1.33. The third-order valence-corrected chi connectivity index (χ3v) is 4.19. The summed E-state index contributed by atoms with van der Waals surface area (Å²) in [5, 5.41) is 13.9. The minimum atomic E-state index is -1.32. The van der Waals surface area contributed by atoms with Gasteiger partial charge in [-0.3, -0.25) is 14.4 Å². The van der Waals surface area contributed by atoms with Crippen LogP contribution in [-0.4, -0.2) is 54.1 Å². The molecule has 0 aliphatic carbocycles. The summed E-state index contributed by atoms with van der Waals surface area (Å²) in [4.78, 5) is 47.9. The van der Waals surface area contributed by atoms with Gasteiger partial charge in [0.2, 0.25) is 0 Å². The van der Waals surface area contributed by atoms with E-state index in [1.807, 2.05) is 6.07 Å². The highest BCUT2D eigenvalue weighted by Gasteiger charge is 2.35. The molecule has 1 heterocycles. The monoisotopic (exact) mass is 425 g/mol. The van der Waals surface area contributed by atoms with Crippen LogP contribution < -0.4 is 20.1 Å². The van der Waals surface area contributed by atoms with Gasteiger partial charge in [-0.25, -0.2) is 9.69 Å². The number of carboxylic acids is 1. The number of benzene rings is 2. The Hall–Kier alpha value is -4.34. The molecule has 0 radical (unpaired) electrons. The molecule has 10 nitrogen and oxygen atoms in total. The van der Waals surface area contributed by atoms with Crippen LogP contribution in [0, 0.1) is 0 Å². The Kier molecular flexibility index (Phi) is 6.51. The zero-order chi connectivity index (χ0) is 22.4. The normalized spacial score (nSPS) is 14.4. The number of methoxy groups -OCH3 is 1. The maximum absolute atomic E-state index is 12.4. The predicted octanol–water partition coefficient (Wildman–Crippen LogP) is 1.69. The second-order valence-electron chi connectivity index (χ2n) is 6.35. The smallest absolute Gasteiger partial charge is 0.329 e. The average Bonchev–Trinajstić information content (AvgIpc) is 3.00. The molecule has 3 rings (SSSR count). The summed E-state index contributed by atoms with van der Waals surface area (Å²) in [7, 11) is 1.42. The van der Waals surface area contributed by atoms with E-state index in [1.165, 1.54) is 13.2 Å². The van der Waals surface area contributed by atoms with Crippen LogP contribution in [0.25, 0.3) is 6.08 Å². The van der Waals surface area contributed by atoms with Crippen LogP contribution in [0.3, 0.4) is 0 Å². The van der Waals surface area contributed by atoms with Crippen molar-refractivity contribution in [3.05, 3.63) is 59.8 Å². The van der Waals surface area contributed by atoms with Crippen LogP contribution in [0.1, 0.15) is 5.56 Å². The van der Waals surface area contributed by atoms with Gasteiger partial charge in [0.1, 0.15) is 12.2 Å². The third-order valence-electron chi connectivity index (χ3n) is 4.19. The lowest BCUT2D eigenvalue weighted by atomic mass is 10.1. The molecule has 1 fully saturated rings. The van der Waals surface area contributed by atoms with Crippen LogP contribution in [0.4, 0.5) is 10.5 Å². The third kappa shape index (κ3) is 5.18. The average molecular weight is 425 g/mol. The number of carboxylic acid groups (broad SMARTS) is 1. The van der Waals surface area contributed by atoms with Gasteiger partial charge in [0.25, 0.3) is 11.8 Å².